The highest BCUT2D eigenvalue weighted by Gasteiger charge is 2.02. The van der Waals surface area contributed by atoms with Crippen LogP contribution in [0.25, 0.3) is 0 Å². The molecule has 1 heterocycles. The minimum Gasteiger partial charge on any atom is -0.492 e. The Morgan fingerprint density at radius 2 is 2.15 bits per heavy atom. The van der Waals surface area contributed by atoms with E-state index in [1.807, 2.05) is 18.4 Å². The number of rotatable bonds is 9. The number of hydrogen-bond donors (Lipinski definition) is 2. The number of benzene rings is 1. The van der Waals surface area contributed by atoms with Crippen molar-refractivity contribution in [3.63, 3.8) is 0 Å². The van der Waals surface area contributed by atoms with E-state index in [0.29, 0.717) is 25.4 Å². The van der Waals surface area contributed by atoms with Gasteiger partial charge in [0.25, 0.3) is 0 Å². The maximum Gasteiger partial charge on any atom is 0.191 e. The summed E-state index contributed by atoms with van der Waals surface area (Å²) in [5.74, 6) is 1.89. The lowest BCUT2D eigenvalue weighted by Crippen LogP contribution is -2.39. The second-order valence-electron chi connectivity index (χ2n) is 5.29. The zero-order valence-corrected chi connectivity index (χ0v) is 17.4. The second kappa shape index (κ2) is 12.4. The van der Waals surface area contributed by atoms with E-state index in [1.165, 1.54) is 12.1 Å². The highest BCUT2D eigenvalue weighted by Crippen LogP contribution is 2.11. The van der Waals surface area contributed by atoms with Gasteiger partial charge in [-0.1, -0.05) is 13.0 Å². The quantitative estimate of drug-likeness (QED) is 0.251. The van der Waals surface area contributed by atoms with E-state index in [-0.39, 0.29) is 29.8 Å². The molecule has 9 heteroatoms. The molecule has 0 aliphatic rings. The summed E-state index contributed by atoms with van der Waals surface area (Å²) in [6.45, 7) is 7.15. The number of nitrogens with zero attached hydrogens (tertiary/aromatic N) is 4. The van der Waals surface area contributed by atoms with E-state index in [0.717, 1.165) is 31.3 Å². The summed E-state index contributed by atoms with van der Waals surface area (Å²) in [6, 6.07) is 6.11. The van der Waals surface area contributed by atoms with Crippen LogP contribution < -0.4 is 15.4 Å². The Kier molecular flexibility index (Phi) is 10.6. The van der Waals surface area contributed by atoms with Crippen LogP contribution in [0.3, 0.4) is 0 Å². The molecule has 0 aliphatic heterocycles. The zero-order valence-electron chi connectivity index (χ0n) is 15.1. The highest BCUT2D eigenvalue weighted by molar-refractivity contribution is 14.0. The number of aromatic nitrogens is 3. The minimum absolute atomic E-state index is 0. The van der Waals surface area contributed by atoms with Crippen LogP contribution in [0, 0.1) is 5.82 Å². The van der Waals surface area contributed by atoms with Gasteiger partial charge in [0, 0.05) is 25.6 Å². The molecule has 0 amide bonds. The Labute approximate surface area is 170 Å². The van der Waals surface area contributed by atoms with Crippen molar-refractivity contribution in [2.75, 3.05) is 26.2 Å². The average Bonchev–Trinajstić information content (AvgIpc) is 3.06. The predicted molar refractivity (Wildman–Crippen MR) is 111 cm³/mol. The second-order valence-corrected chi connectivity index (χ2v) is 5.29. The van der Waals surface area contributed by atoms with Crippen LogP contribution in [0.4, 0.5) is 4.39 Å². The Hall–Kier alpha value is -1.91. The molecule has 7 nitrogen and oxygen atoms in total. The number of aliphatic imine (C=N–C) groups is 1. The molecule has 0 radical (unpaired) electrons. The van der Waals surface area contributed by atoms with Gasteiger partial charge in [-0.15, -0.1) is 34.2 Å². The van der Waals surface area contributed by atoms with Crippen molar-refractivity contribution in [3.05, 3.63) is 42.2 Å². The standard InChI is InChI=1S/C17H25FN6O.HI/c1-3-16-23-22-13-24(16)10-8-20-17(19-4-2)21-9-11-25-15-7-5-6-14(18)12-15;/h5-7,12-13H,3-4,8-11H2,1-2H3,(H2,19,20,21);1H. The molecule has 0 saturated heterocycles. The normalized spacial score (nSPS) is 11.0. The lowest BCUT2D eigenvalue weighted by Gasteiger charge is -2.12. The van der Waals surface area contributed by atoms with E-state index in [1.54, 1.807) is 18.5 Å². The average molecular weight is 476 g/mol. The number of hydrogen-bond acceptors (Lipinski definition) is 4. The van der Waals surface area contributed by atoms with Crippen molar-refractivity contribution < 1.29 is 9.13 Å². The van der Waals surface area contributed by atoms with Gasteiger partial charge < -0.3 is 19.9 Å². The fraction of sp³-hybridized carbons (Fsp3) is 0.471. The van der Waals surface area contributed by atoms with Crippen molar-refractivity contribution in [2.24, 2.45) is 4.99 Å². The number of ether oxygens (including phenoxy) is 1. The maximum absolute atomic E-state index is 13.1. The summed E-state index contributed by atoms with van der Waals surface area (Å²) in [5.41, 5.74) is 0. The van der Waals surface area contributed by atoms with Crippen LogP contribution in [-0.4, -0.2) is 47.0 Å². The Morgan fingerprint density at radius 3 is 2.88 bits per heavy atom. The molecule has 1 aromatic heterocycles. The zero-order chi connectivity index (χ0) is 17.9. The van der Waals surface area contributed by atoms with E-state index in [2.05, 4.69) is 25.8 Å². The van der Waals surface area contributed by atoms with E-state index >= 15 is 0 Å². The fourth-order valence-corrected chi connectivity index (χ4v) is 2.25. The first-order valence-corrected chi connectivity index (χ1v) is 8.50. The molecule has 0 fully saturated rings. The summed E-state index contributed by atoms with van der Waals surface area (Å²) >= 11 is 0. The van der Waals surface area contributed by atoms with Gasteiger partial charge in [-0.2, -0.15) is 0 Å². The summed E-state index contributed by atoms with van der Waals surface area (Å²) in [4.78, 5) is 4.52. The maximum atomic E-state index is 13.1. The molecule has 0 spiro atoms. The first kappa shape index (κ1) is 22.1. The van der Waals surface area contributed by atoms with Gasteiger partial charge >= 0.3 is 0 Å². The summed E-state index contributed by atoms with van der Waals surface area (Å²) in [6.07, 6.45) is 2.57. The predicted octanol–water partition coefficient (Wildman–Crippen LogP) is 2.23. The number of halogens is 2. The third-order valence-electron chi connectivity index (χ3n) is 3.43. The monoisotopic (exact) mass is 476 g/mol. The van der Waals surface area contributed by atoms with Gasteiger partial charge in [-0.3, -0.25) is 4.99 Å². The Bertz CT molecular complexity index is 679. The summed E-state index contributed by atoms with van der Waals surface area (Å²) in [7, 11) is 0. The van der Waals surface area contributed by atoms with Crippen LogP contribution in [0.1, 0.15) is 19.7 Å². The summed E-state index contributed by atoms with van der Waals surface area (Å²) in [5, 5.41) is 14.3. The smallest absolute Gasteiger partial charge is 0.191 e. The van der Waals surface area contributed by atoms with Crippen molar-refractivity contribution >= 4 is 29.9 Å². The molecule has 144 valence electrons. The highest BCUT2D eigenvalue weighted by atomic mass is 127. The van der Waals surface area contributed by atoms with Gasteiger partial charge in [0.15, 0.2) is 5.96 Å². The summed E-state index contributed by atoms with van der Waals surface area (Å²) < 4.78 is 20.6. The lowest BCUT2D eigenvalue weighted by atomic mass is 10.3. The molecule has 0 bridgehead atoms. The van der Waals surface area contributed by atoms with E-state index in [9.17, 15) is 4.39 Å². The third kappa shape index (κ3) is 7.54. The van der Waals surface area contributed by atoms with Crippen LogP contribution in [0.5, 0.6) is 5.75 Å². The Morgan fingerprint density at radius 1 is 1.31 bits per heavy atom. The Balaban J connectivity index is 0.00000338. The van der Waals surface area contributed by atoms with Gasteiger partial charge in [0.1, 0.15) is 30.3 Å². The fourth-order valence-electron chi connectivity index (χ4n) is 2.25. The number of guanidine groups is 1. The van der Waals surface area contributed by atoms with Crippen LogP contribution in [-0.2, 0) is 13.0 Å². The van der Waals surface area contributed by atoms with Crippen LogP contribution in [0.2, 0.25) is 0 Å². The largest absolute Gasteiger partial charge is 0.492 e. The van der Waals surface area contributed by atoms with Crippen LogP contribution in [0.15, 0.2) is 35.6 Å². The van der Waals surface area contributed by atoms with Crippen molar-refractivity contribution in [2.45, 2.75) is 26.8 Å². The number of nitrogens with one attached hydrogen (secondary N) is 2. The molecular weight excluding hydrogens is 450 g/mol. The lowest BCUT2D eigenvalue weighted by molar-refractivity contribution is 0.320. The molecule has 2 aromatic rings. The molecule has 0 saturated carbocycles. The molecule has 1 aromatic carbocycles. The molecule has 2 rings (SSSR count). The third-order valence-corrected chi connectivity index (χ3v) is 3.43. The van der Waals surface area contributed by atoms with Crippen molar-refractivity contribution in [1.82, 2.24) is 25.4 Å². The SMILES string of the molecule is CCNC(=NCCn1cnnc1CC)NCCOc1cccc(F)c1.I. The molecule has 0 unspecified atom stereocenters. The van der Waals surface area contributed by atoms with Gasteiger partial charge in [0.05, 0.1) is 13.1 Å². The molecule has 0 aliphatic carbocycles. The van der Waals surface area contributed by atoms with Gasteiger partial charge in [0.2, 0.25) is 0 Å². The number of aryl methyl sites for hydroxylation is 1. The molecular formula is C17H26FIN6O. The topological polar surface area (TPSA) is 76.4 Å². The molecule has 2 N–H and O–H groups in total. The first-order chi connectivity index (χ1) is 12.2. The molecule has 0 atom stereocenters. The van der Waals surface area contributed by atoms with E-state index in [4.69, 9.17) is 4.74 Å². The van der Waals surface area contributed by atoms with Gasteiger partial charge in [-0.25, -0.2) is 4.39 Å². The van der Waals surface area contributed by atoms with Gasteiger partial charge in [-0.05, 0) is 19.1 Å². The van der Waals surface area contributed by atoms with Crippen LogP contribution >= 0.6 is 24.0 Å². The first-order valence-electron chi connectivity index (χ1n) is 8.50. The van der Waals surface area contributed by atoms with E-state index < -0.39 is 0 Å². The van der Waals surface area contributed by atoms with Crippen molar-refractivity contribution in [3.8, 4) is 5.75 Å². The minimum atomic E-state index is -0.305. The van der Waals surface area contributed by atoms with Crippen molar-refractivity contribution in [1.29, 1.82) is 0 Å². The molecule has 26 heavy (non-hydrogen) atoms.